The number of nitrogens with two attached hydrogens (primary N) is 1. The summed E-state index contributed by atoms with van der Waals surface area (Å²) in [5.41, 5.74) is 7.32. The summed E-state index contributed by atoms with van der Waals surface area (Å²) < 4.78 is 0. The fraction of sp³-hybridized carbons (Fsp3) is 0.545. The molecule has 0 saturated heterocycles. The molecule has 2 rings (SSSR count). The molecule has 0 spiro atoms. The van der Waals surface area contributed by atoms with Crippen molar-refractivity contribution in [3.8, 4) is 0 Å². The van der Waals surface area contributed by atoms with Crippen LogP contribution in [0.15, 0.2) is 17.2 Å². The van der Waals surface area contributed by atoms with E-state index in [9.17, 15) is 0 Å². The summed E-state index contributed by atoms with van der Waals surface area (Å²) in [4.78, 5) is 5.53. The summed E-state index contributed by atoms with van der Waals surface area (Å²) in [6.45, 7) is 2.04. The highest BCUT2D eigenvalue weighted by Crippen LogP contribution is 2.32. The van der Waals surface area contributed by atoms with Crippen LogP contribution in [-0.2, 0) is 0 Å². The third-order valence-corrected chi connectivity index (χ3v) is 3.90. The Balaban J connectivity index is 2.24. The Morgan fingerprint density at radius 1 is 1.53 bits per heavy atom. The Hall–Kier alpha value is -0.710. The number of hydrogen-bond donors (Lipinski definition) is 2. The molecule has 4 heteroatoms. The standard InChI is InChI=1S/C11H17N3S/c1-8-11(15-7-13-8)10(14-12)9-5-3-2-4-6-9/h5,7,10,14H,2-4,6,12H2,1H3. The Labute approximate surface area is 94.4 Å². The van der Waals surface area contributed by atoms with Gasteiger partial charge in [-0.2, -0.15) is 0 Å². The topological polar surface area (TPSA) is 50.9 Å². The van der Waals surface area contributed by atoms with Crippen LogP contribution < -0.4 is 11.3 Å². The second-order valence-corrected chi connectivity index (χ2v) is 4.81. The molecule has 1 aromatic rings. The molecular weight excluding hydrogens is 206 g/mol. The van der Waals surface area contributed by atoms with Gasteiger partial charge in [-0.15, -0.1) is 11.3 Å². The minimum Gasteiger partial charge on any atom is -0.271 e. The van der Waals surface area contributed by atoms with Gasteiger partial charge in [0, 0.05) is 4.88 Å². The molecule has 15 heavy (non-hydrogen) atoms. The zero-order valence-corrected chi connectivity index (χ0v) is 9.81. The minimum atomic E-state index is 0.179. The SMILES string of the molecule is Cc1ncsc1C(NN)C1=CCCCC1. The van der Waals surface area contributed by atoms with Crippen molar-refractivity contribution in [1.29, 1.82) is 0 Å². The maximum Gasteiger partial charge on any atom is 0.0798 e. The van der Waals surface area contributed by atoms with Gasteiger partial charge in [0.25, 0.3) is 0 Å². The molecule has 1 aromatic heterocycles. The molecule has 82 valence electrons. The van der Waals surface area contributed by atoms with Crippen LogP contribution in [0.5, 0.6) is 0 Å². The molecule has 0 amide bonds. The number of rotatable bonds is 3. The highest BCUT2D eigenvalue weighted by Gasteiger charge is 2.20. The lowest BCUT2D eigenvalue weighted by Crippen LogP contribution is -2.29. The normalized spacial score (nSPS) is 18.7. The van der Waals surface area contributed by atoms with Crippen molar-refractivity contribution >= 4 is 11.3 Å². The molecule has 0 aromatic carbocycles. The van der Waals surface area contributed by atoms with Gasteiger partial charge in [-0.1, -0.05) is 11.6 Å². The van der Waals surface area contributed by atoms with Crippen LogP contribution >= 0.6 is 11.3 Å². The number of thiazole rings is 1. The monoisotopic (exact) mass is 223 g/mol. The third-order valence-electron chi connectivity index (χ3n) is 2.91. The quantitative estimate of drug-likeness (QED) is 0.470. The average Bonchev–Trinajstić information content (AvgIpc) is 2.68. The van der Waals surface area contributed by atoms with Gasteiger partial charge in [-0.25, -0.2) is 10.4 Å². The number of hydrogen-bond acceptors (Lipinski definition) is 4. The Morgan fingerprint density at radius 3 is 2.93 bits per heavy atom. The van der Waals surface area contributed by atoms with Crippen molar-refractivity contribution in [2.45, 2.75) is 38.6 Å². The summed E-state index contributed by atoms with van der Waals surface area (Å²) in [7, 11) is 0. The van der Waals surface area contributed by atoms with Gasteiger partial charge in [0.15, 0.2) is 0 Å². The summed E-state index contributed by atoms with van der Waals surface area (Å²) in [6, 6.07) is 0.179. The molecular formula is C11H17N3S. The molecule has 0 aliphatic heterocycles. The van der Waals surface area contributed by atoms with Gasteiger partial charge in [0.1, 0.15) is 0 Å². The average molecular weight is 223 g/mol. The van der Waals surface area contributed by atoms with Gasteiger partial charge >= 0.3 is 0 Å². The summed E-state index contributed by atoms with van der Waals surface area (Å²) in [6.07, 6.45) is 7.26. The van der Waals surface area contributed by atoms with E-state index in [0.29, 0.717) is 0 Å². The van der Waals surface area contributed by atoms with Gasteiger partial charge in [-0.3, -0.25) is 5.84 Å². The number of allylic oxidation sites excluding steroid dienone is 1. The first-order valence-corrected chi connectivity index (χ1v) is 6.26. The van der Waals surface area contributed by atoms with E-state index in [1.54, 1.807) is 11.3 Å². The second-order valence-electron chi connectivity index (χ2n) is 3.93. The highest BCUT2D eigenvalue weighted by molar-refractivity contribution is 7.09. The maximum absolute atomic E-state index is 5.65. The van der Waals surface area contributed by atoms with Gasteiger partial charge < -0.3 is 0 Å². The van der Waals surface area contributed by atoms with E-state index < -0.39 is 0 Å². The zero-order valence-electron chi connectivity index (χ0n) is 8.99. The van der Waals surface area contributed by atoms with Gasteiger partial charge in [0.2, 0.25) is 0 Å². The Bertz CT molecular complexity index is 356. The van der Waals surface area contributed by atoms with Crippen LogP contribution in [0.25, 0.3) is 0 Å². The van der Waals surface area contributed by atoms with Crippen LogP contribution in [0.1, 0.15) is 42.3 Å². The number of nitrogens with one attached hydrogen (secondary N) is 1. The van der Waals surface area contributed by atoms with E-state index in [1.807, 2.05) is 12.4 Å². The number of nitrogens with zero attached hydrogens (tertiary/aromatic N) is 1. The first-order valence-electron chi connectivity index (χ1n) is 5.38. The van der Waals surface area contributed by atoms with E-state index in [0.717, 1.165) is 12.1 Å². The zero-order chi connectivity index (χ0) is 10.7. The lowest BCUT2D eigenvalue weighted by atomic mass is 9.93. The highest BCUT2D eigenvalue weighted by atomic mass is 32.1. The lowest BCUT2D eigenvalue weighted by Gasteiger charge is -2.21. The van der Waals surface area contributed by atoms with Crippen molar-refractivity contribution in [3.05, 3.63) is 27.7 Å². The second kappa shape index (κ2) is 4.88. The number of aryl methyl sites for hydroxylation is 1. The number of hydrazine groups is 1. The van der Waals surface area contributed by atoms with Crippen molar-refractivity contribution in [2.75, 3.05) is 0 Å². The Morgan fingerprint density at radius 2 is 2.40 bits per heavy atom. The van der Waals surface area contributed by atoms with E-state index in [1.165, 1.54) is 29.7 Å². The molecule has 3 nitrogen and oxygen atoms in total. The molecule has 0 fully saturated rings. The van der Waals surface area contributed by atoms with Crippen molar-refractivity contribution in [3.63, 3.8) is 0 Å². The van der Waals surface area contributed by atoms with Crippen LogP contribution in [0, 0.1) is 6.92 Å². The van der Waals surface area contributed by atoms with Crippen LogP contribution in [-0.4, -0.2) is 4.98 Å². The predicted octanol–water partition coefficient (Wildman–Crippen LogP) is 2.46. The Kier molecular flexibility index (Phi) is 3.51. The molecule has 0 bridgehead atoms. The van der Waals surface area contributed by atoms with Crippen molar-refractivity contribution in [2.24, 2.45) is 5.84 Å². The molecule has 1 atom stereocenters. The molecule has 1 aliphatic rings. The number of aromatic nitrogens is 1. The third kappa shape index (κ3) is 2.27. The first-order chi connectivity index (χ1) is 7.33. The minimum absolute atomic E-state index is 0.179. The van der Waals surface area contributed by atoms with E-state index >= 15 is 0 Å². The van der Waals surface area contributed by atoms with E-state index in [2.05, 4.69) is 16.5 Å². The molecule has 0 radical (unpaired) electrons. The molecule has 1 unspecified atom stereocenters. The van der Waals surface area contributed by atoms with E-state index in [4.69, 9.17) is 5.84 Å². The molecule has 1 heterocycles. The van der Waals surface area contributed by atoms with Gasteiger partial charge in [-0.05, 0) is 32.6 Å². The molecule has 0 saturated carbocycles. The fourth-order valence-electron chi connectivity index (χ4n) is 2.06. The summed E-state index contributed by atoms with van der Waals surface area (Å²) >= 11 is 1.68. The lowest BCUT2D eigenvalue weighted by molar-refractivity contribution is 0.569. The van der Waals surface area contributed by atoms with E-state index in [-0.39, 0.29) is 6.04 Å². The maximum atomic E-state index is 5.65. The molecule has 3 N–H and O–H groups in total. The van der Waals surface area contributed by atoms with Crippen molar-refractivity contribution in [1.82, 2.24) is 10.4 Å². The predicted molar refractivity (Wildman–Crippen MR) is 63.5 cm³/mol. The van der Waals surface area contributed by atoms with Crippen LogP contribution in [0.3, 0.4) is 0 Å². The fourth-order valence-corrected chi connectivity index (χ4v) is 2.97. The van der Waals surface area contributed by atoms with Crippen LogP contribution in [0.2, 0.25) is 0 Å². The molecule has 1 aliphatic carbocycles. The largest absolute Gasteiger partial charge is 0.271 e. The van der Waals surface area contributed by atoms with Crippen LogP contribution in [0.4, 0.5) is 0 Å². The van der Waals surface area contributed by atoms with Crippen molar-refractivity contribution < 1.29 is 0 Å². The summed E-state index contributed by atoms with van der Waals surface area (Å²) in [5, 5.41) is 0. The smallest absolute Gasteiger partial charge is 0.0798 e. The summed E-state index contributed by atoms with van der Waals surface area (Å²) in [5.74, 6) is 5.65. The first kappa shape index (κ1) is 10.8. The van der Waals surface area contributed by atoms with Gasteiger partial charge in [0.05, 0.1) is 17.2 Å².